The predicted octanol–water partition coefficient (Wildman–Crippen LogP) is 1.85. The molecule has 2 rings (SSSR count). The van der Waals surface area contributed by atoms with Crippen molar-refractivity contribution in [1.82, 2.24) is 10.7 Å². The van der Waals surface area contributed by atoms with Crippen molar-refractivity contribution in [2.45, 2.75) is 13.5 Å². The molecule has 0 bridgehead atoms. The highest BCUT2D eigenvalue weighted by molar-refractivity contribution is 6.35. The van der Waals surface area contributed by atoms with E-state index in [1.54, 1.807) is 24.3 Å². The first-order valence-corrected chi connectivity index (χ1v) is 7.57. The summed E-state index contributed by atoms with van der Waals surface area (Å²) in [5.74, 6) is -0.783. The number of carbonyl (C=O) groups excluding carboxylic acids is 2. The zero-order valence-corrected chi connectivity index (χ0v) is 13.4. The molecule has 0 aromatic heterocycles. The van der Waals surface area contributed by atoms with Crippen molar-refractivity contribution in [2.75, 3.05) is 6.61 Å². The van der Waals surface area contributed by atoms with Crippen LogP contribution < -0.4 is 15.5 Å². The van der Waals surface area contributed by atoms with Crippen molar-refractivity contribution >= 4 is 18.0 Å². The number of nitrogens with zero attached hydrogens (tertiary/aromatic N) is 1. The third-order valence-corrected chi connectivity index (χ3v) is 3.07. The Bertz CT molecular complexity index is 697. The molecule has 24 heavy (non-hydrogen) atoms. The molecule has 0 radical (unpaired) electrons. The zero-order chi connectivity index (χ0) is 17.2. The average Bonchev–Trinajstić information content (AvgIpc) is 2.62. The van der Waals surface area contributed by atoms with Gasteiger partial charge in [-0.05, 0) is 42.3 Å². The van der Waals surface area contributed by atoms with Gasteiger partial charge in [-0.2, -0.15) is 5.10 Å². The van der Waals surface area contributed by atoms with Crippen LogP contribution in [0.2, 0.25) is 0 Å². The van der Waals surface area contributed by atoms with Crippen LogP contribution >= 0.6 is 0 Å². The minimum Gasteiger partial charge on any atom is -0.494 e. The smallest absolute Gasteiger partial charge is 0.329 e. The van der Waals surface area contributed by atoms with Gasteiger partial charge in [0.1, 0.15) is 5.75 Å². The van der Waals surface area contributed by atoms with Crippen molar-refractivity contribution in [3.8, 4) is 5.75 Å². The zero-order valence-electron chi connectivity index (χ0n) is 13.4. The van der Waals surface area contributed by atoms with Gasteiger partial charge in [0.25, 0.3) is 0 Å². The number of hydrogen-bond donors (Lipinski definition) is 2. The molecule has 0 saturated heterocycles. The number of hydrogen-bond acceptors (Lipinski definition) is 4. The number of ether oxygens (including phenoxy) is 1. The van der Waals surface area contributed by atoms with E-state index in [0.717, 1.165) is 16.9 Å². The Balaban J connectivity index is 1.78. The number of benzene rings is 2. The molecule has 0 saturated carbocycles. The summed E-state index contributed by atoms with van der Waals surface area (Å²) in [5.41, 5.74) is 3.89. The fourth-order valence-electron chi connectivity index (χ4n) is 1.89. The van der Waals surface area contributed by atoms with Crippen LogP contribution in [-0.4, -0.2) is 24.6 Å². The van der Waals surface area contributed by atoms with Gasteiger partial charge in [-0.25, -0.2) is 5.43 Å². The Hall–Kier alpha value is -3.15. The molecule has 6 nitrogen and oxygen atoms in total. The standard InChI is InChI=1S/C18H19N3O3/c1-2-24-16-10-8-15(9-11-16)13-20-21-18(23)17(22)19-12-14-6-4-3-5-7-14/h3-11,13H,2,12H2,1H3,(H,19,22)(H,21,23)/b20-13+. The van der Waals surface area contributed by atoms with Crippen LogP contribution in [0.25, 0.3) is 0 Å². The van der Waals surface area contributed by atoms with E-state index < -0.39 is 11.8 Å². The average molecular weight is 325 g/mol. The van der Waals surface area contributed by atoms with Crippen molar-refractivity contribution in [3.63, 3.8) is 0 Å². The minimum atomic E-state index is -0.812. The Labute approximate surface area is 140 Å². The summed E-state index contributed by atoms with van der Waals surface area (Å²) in [7, 11) is 0. The van der Waals surface area contributed by atoms with Crippen LogP contribution in [0.1, 0.15) is 18.1 Å². The molecule has 2 aromatic rings. The van der Waals surface area contributed by atoms with Gasteiger partial charge in [-0.3, -0.25) is 9.59 Å². The fraction of sp³-hybridized carbons (Fsp3) is 0.167. The number of amides is 2. The topological polar surface area (TPSA) is 79.8 Å². The molecule has 2 aromatic carbocycles. The van der Waals surface area contributed by atoms with Gasteiger partial charge < -0.3 is 10.1 Å². The fourth-order valence-corrected chi connectivity index (χ4v) is 1.89. The SMILES string of the molecule is CCOc1ccc(/C=N/NC(=O)C(=O)NCc2ccccc2)cc1. The third kappa shape index (κ3) is 5.57. The Morgan fingerprint density at radius 3 is 2.42 bits per heavy atom. The van der Waals surface area contributed by atoms with Crippen LogP contribution in [-0.2, 0) is 16.1 Å². The minimum absolute atomic E-state index is 0.287. The number of carbonyl (C=O) groups is 2. The highest BCUT2D eigenvalue weighted by atomic mass is 16.5. The summed E-state index contributed by atoms with van der Waals surface area (Å²) in [6, 6.07) is 16.5. The lowest BCUT2D eigenvalue weighted by Crippen LogP contribution is -2.37. The molecule has 0 fully saturated rings. The maximum Gasteiger partial charge on any atom is 0.329 e. The van der Waals surface area contributed by atoms with Crippen molar-refractivity contribution in [2.24, 2.45) is 5.10 Å². The highest BCUT2D eigenvalue weighted by Crippen LogP contribution is 2.10. The Kier molecular flexibility index (Phi) is 6.52. The first kappa shape index (κ1) is 17.2. The van der Waals surface area contributed by atoms with E-state index in [9.17, 15) is 9.59 Å². The summed E-state index contributed by atoms with van der Waals surface area (Å²) < 4.78 is 5.33. The molecule has 6 heteroatoms. The van der Waals surface area contributed by atoms with Gasteiger partial charge in [-0.1, -0.05) is 30.3 Å². The third-order valence-electron chi connectivity index (χ3n) is 3.07. The predicted molar refractivity (Wildman–Crippen MR) is 91.6 cm³/mol. The normalized spacial score (nSPS) is 10.4. The molecule has 0 aliphatic heterocycles. The van der Waals surface area contributed by atoms with E-state index in [0.29, 0.717) is 6.61 Å². The monoisotopic (exact) mass is 325 g/mol. The molecule has 0 aliphatic rings. The van der Waals surface area contributed by atoms with Crippen molar-refractivity contribution in [3.05, 3.63) is 65.7 Å². The summed E-state index contributed by atoms with van der Waals surface area (Å²) in [4.78, 5) is 23.3. The Morgan fingerprint density at radius 1 is 1.04 bits per heavy atom. The molecule has 0 atom stereocenters. The van der Waals surface area contributed by atoms with Gasteiger partial charge in [-0.15, -0.1) is 0 Å². The maximum absolute atomic E-state index is 11.7. The van der Waals surface area contributed by atoms with Gasteiger partial charge in [0.05, 0.1) is 12.8 Å². The Morgan fingerprint density at radius 2 is 1.75 bits per heavy atom. The van der Waals surface area contributed by atoms with E-state index >= 15 is 0 Å². The second-order valence-electron chi connectivity index (χ2n) is 4.87. The van der Waals surface area contributed by atoms with Gasteiger partial charge in [0.2, 0.25) is 0 Å². The summed E-state index contributed by atoms with van der Waals surface area (Å²) in [6.07, 6.45) is 1.46. The quantitative estimate of drug-likeness (QED) is 0.483. The molecular weight excluding hydrogens is 306 g/mol. The molecule has 0 spiro atoms. The van der Waals surface area contributed by atoms with E-state index in [-0.39, 0.29) is 6.54 Å². The van der Waals surface area contributed by atoms with Crippen molar-refractivity contribution in [1.29, 1.82) is 0 Å². The maximum atomic E-state index is 11.7. The first-order chi connectivity index (χ1) is 11.7. The van der Waals surface area contributed by atoms with Crippen LogP contribution in [0.3, 0.4) is 0 Å². The largest absolute Gasteiger partial charge is 0.494 e. The molecule has 0 aliphatic carbocycles. The summed E-state index contributed by atoms with van der Waals surface area (Å²) >= 11 is 0. The van der Waals surface area contributed by atoms with Crippen LogP contribution in [0.4, 0.5) is 0 Å². The second-order valence-corrected chi connectivity index (χ2v) is 4.87. The van der Waals surface area contributed by atoms with Gasteiger partial charge in [0, 0.05) is 6.54 Å². The molecule has 2 N–H and O–H groups in total. The summed E-state index contributed by atoms with van der Waals surface area (Å²) in [6.45, 7) is 2.80. The molecule has 124 valence electrons. The second kappa shape index (κ2) is 9.09. The van der Waals surface area contributed by atoms with E-state index in [2.05, 4.69) is 15.8 Å². The lowest BCUT2D eigenvalue weighted by Gasteiger charge is -2.04. The number of rotatable bonds is 6. The molecule has 0 unspecified atom stereocenters. The van der Waals surface area contributed by atoms with Gasteiger partial charge >= 0.3 is 11.8 Å². The lowest BCUT2D eigenvalue weighted by molar-refractivity contribution is -0.139. The van der Waals surface area contributed by atoms with Crippen molar-refractivity contribution < 1.29 is 14.3 Å². The number of hydrazone groups is 1. The van der Waals surface area contributed by atoms with Crippen LogP contribution in [0.5, 0.6) is 5.75 Å². The van der Waals surface area contributed by atoms with E-state index in [4.69, 9.17) is 4.74 Å². The molecular formula is C18H19N3O3. The lowest BCUT2D eigenvalue weighted by atomic mass is 10.2. The molecule has 0 heterocycles. The van der Waals surface area contributed by atoms with Crippen LogP contribution in [0, 0.1) is 0 Å². The first-order valence-electron chi connectivity index (χ1n) is 7.57. The number of nitrogens with one attached hydrogen (secondary N) is 2. The van der Waals surface area contributed by atoms with Crippen LogP contribution in [0.15, 0.2) is 59.7 Å². The summed E-state index contributed by atoms with van der Waals surface area (Å²) in [5, 5.41) is 6.29. The highest BCUT2D eigenvalue weighted by Gasteiger charge is 2.11. The van der Waals surface area contributed by atoms with E-state index in [1.807, 2.05) is 37.3 Å². The molecule has 2 amide bonds. The van der Waals surface area contributed by atoms with Gasteiger partial charge in [0.15, 0.2) is 0 Å². The van der Waals surface area contributed by atoms with E-state index in [1.165, 1.54) is 6.21 Å².